The van der Waals surface area contributed by atoms with Gasteiger partial charge in [0.25, 0.3) is 5.56 Å². The van der Waals surface area contributed by atoms with Gasteiger partial charge < -0.3 is 15.5 Å². The van der Waals surface area contributed by atoms with Crippen LogP contribution in [0, 0.1) is 12.8 Å². The van der Waals surface area contributed by atoms with Gasteiger partial charge in [0.1, 0.15) is 17.6 Å². The highest BCUT2D eigenvalue weighted by Gasteiger charge is 2.26. The Hall–Kier alpha value is -3.27. The van der Waals surface area contributed by atoms with Crippen molar-refractivity contribution in [1.82, 2.24) is 25.2 Å². The molecule has 3 heterocycles. The Morgan fingerprint density at radius 2 is 1.88 bits per heavy atom. The van der Waals surface area contributed by atoms with Gasteiger partial charge in [0.2, 0.25) is 11.8 Å². The molecule has 1 saturated heterocycles. The Balaban J connectivity index is 1.40. The van der Waals surface area contributed by atoms with Gasteiger partial charge >= 0.3 is 0 Å². The van der Waals surface area contributed by atoms with Crippen molar-refractivity contribution < 1.29 is 9.59 Å². The first kappa shape index (κ1) is 22.9. The van der Waals surface area contributed by atoms with Crippen LogP contribution in [0.3, 0.4) is 0 Å². The van der Waals surface area contributed by atoms with Crippen molar-refractivity contribution >= 4 is 38.6 Å². The number of rotatable bonds is 7. The number of anilines is 1. The molecule has 0 aliphatic carbocycles. The van der Waals surface area contributed by atoms with Crippen LogP contribution < -0.4 is 21.1 Å². The van der Waals surface area contributed by atoms with Crippen LogP contribution in [0.4, 0.5) is 5.13 Å². The van der Waals surface area contributed by atoms with E-state index in [0.717, 1.165) is 29.1 Å². The minimum Gasteiger partial charge on any atom is -0.356 e. The van der Waals surface area contributed by atoms with Crippen molar-refractivity contribution in [2.24, 2.45) is 5.92 Å². The number of thiazole rings is 1. The SMILES string of the molecule is CCNC(=O)C1CCN(c2nc3ncn(CC(=O)NCc4ccc(C)cc4)c(=O)c3s2)CC1. The summed E-state index contributed by atoms with van der Waals surface area (Å²) in [5.41, 5.74) is 2.28. The van der Waals surface area contributed by atoms with E-state index < -0.39 is 0 Å². The average Bonchev–Trinajstić information content (AvgIpc) is 3.26. The number of nitrogens with zero attached hydrogens (tertiary/aromatic N) is 4. The summed E-state index contributed by atoms with van der Waals surface area (Å²) in [5, 5.41) is 6.45. The van der Waals surface area contributed by atoms with Crippen LogP contribution in [0.1, 0.15) is 30.9 Å². The molecule has 33 heavy (non-hydrogen) atoms. The maximum absolute atomic E-state index is 12.9. The van der Waals surface area contributed by atoms with E-state index in [1.165, 1.54) is 22.2 Å². The molecule has 0 spiro atoms. The summed E-state index contributed by atoms with van der Waals surface area (Å²) in [6.07, 6.45) is 2.88. The van der Waals surface area contributed by atoms with Crippen LogP contribution in [0.15, 0.2) is 35.4 Å². The maximum Gasteiger partial charge on any atom is 0.273 e. The number of amides is 2. The van der Waals surface area contributed by atoms with Crippen molar-refractivity contribution in [2.75, 3.05) is 24.5 Å². The largest absolute Gasteiger partial charge is 0.356 e. The number of carbonyl (C=O) groups excluding carboxylic acids is 2. The van der Waals surface area contributed by atoms with Crippen molar-refractivity contribution in [3.8, 4) is 0 Å². The number of benzene rings is 1. The first-order chi connectivity index (χ1) is 15.9. The third kappa shape index (κ3) is 5.39. The van der Waals surface area contributed by atoms with Crippen LogP contribution in [0.25, 0.3) is 10.3 Å². The molecule has 2 N–H and O–H groups in total. The Morgan fingerprint density at radius 3 is 2.58 bits per heavy atom. The van der Waals surface area contributed by atoms with Crippen LogP contribution in [0.2, 0.25) is 0 Å². The van der Waals surface area contributed by atoms with E-state index in [1.807, 2.05) is 38.1 Å². The van der Waals surface area contributed by atoms with Crippen molar-refractivity contribution in [3.05, 3.63) is 52.1 Å². The van der Waals surface area contributed by atoms with E-state index in [0.29, 0.717) is 36.5 Å². The van der Waals surface area contributed by atoms with Gasteiger partial charge in [-0.05, 0) is 32.3 Å². The summed E-state index contributed by atoms with van der Waals surface area (Å²) >= 11 is 1.29. The molecule has 0 radical (unpaired) electrons. The molecule has 1 fully saturated rings. The van der Waals surface area contributed by atoms with Gasteiger partial charge in [-0.3, -0.25) is 19.0 Å². The van der Waals surface area contributed by atoms with Crippen LogP contribution in [-0.4, -0.2) is 46.0 Å². The van der Waals surface area contributed by atoms with E-state index >= 15 is 0 Å². The summed E-state index contributed by atoms with van der Waals surface area (Å²) in [4.78, 5) is 48.3. The van der Waals surface area contributed by atoms with Crippen molar-refractivity contribution in [1.29, 1.82) is 0 Å². The number of aromatic nitrogens is 3. The number of piperidine rings is 1. The Morgan fingerprint density at radius 1 is 1.15 bits per heavy atom. The number of aryl methyl sites for hydroxylation is 1. The summed E-state index contributed by atoms with van der Waals surface area (Å²) in [6.45, 7) is 6.28. The molecule has 174 valence electrons. The predicted octanol–water partition coefficient (Wildman–Crippen LogP) is 1.83. The highest BCUT2D eigenvalue weighted by Crippen LogP contribution is 2.29. The van der Waals surface area contributed by atoms with Crippen molar-refractivity contribution in [2.45, 2.75) is 39.8 Å². The Bertz CT molecular complexity index is 1200. The monoisotopic (exact) mass is 468 g/mol. The molecule has 9 nitrogen and oxygen atoms in total. The molecule has 0 saturated carbocycles. The molecule has 1 aliphatic rings. The fourth-order valence-corrected chi connectivity index (χ4v) is 4.87. The fraction of sp³-hybridized carbons (Fsp3) is 0.435. The molecule has 3 aromatic rings. The van der Waals surface area contributed by atoms with Gasteiger partial charge in [-0.2, -0.15) is 4.98 Å². The number of fused-ring (bicyclic) bond motifs is 1. The zero-order chi connectivity index (χ0) is 23.4. The molecule has 0 atom stereocenters. The van der Waals surface area contributed by atoms with E-state index in [2.05, 4.69) is 25.5 Å². The Labute approximate surface area is 195 Å². The fourth-order valence-electron chi connectivity index (χ4n) is 3.85. The second kappa shape index (κ2) is 10.1. The standard InChI is InChI=1S/C23H28N6O3S/c1-3-24-21(31)17-8-10-28(11-9-17)23-27-20-19(33-23)22(32)29(14-26-20)13-18(30)25-12-16-6-4-15(2)5-7-16/h4-7,14,17H,3,8-13H2,1-2H3,(H,24,31)(H,25,30). The topological polar surface area (TPSA) is 109 Å². The lowest BCUT2D eigenvalue weighted by molar-refractivity contribution is -0.125. The second-order valence-electron chi connectivity index (χ2n) is 8.25. The third-order valence-corrected chi connectivity index (χ3v) is 6.88. The molecular formula is C23H28N6O3S. The predicted molar refractivity (Wildman–Crippen MR) is 128 cm³/mol. The molecule has 2 aromatic heterocycles. The van der Waals surface area contributed by atoms with E-state index in [9.17, 15) is 14.4 Å². The van der Waals surface area contributed by atoms with Crippen LogP contribution in [-0.2, 0) is 22.7 Å². The molecule has 2 amide bonds. The molecule has 1 aliphatic heterocycles. The van der Waals surface area contributed by atoms with Gasteiger partial charge in [0, 0.05) is 32.1 Å². The van der Waals surface area contributed by atoms with Gasteiger partial charge in [-0.1, -0.05) is 41.2 Å². The smallest absolute Gasteiger partial charge is 0.273 e. The second-order valence-corrected chi connectivity index (χ2v) is 9.22. The lowest BCUT2D eigenvalue weighted by atomic mass is 9.96. The molecule has 10 heteroatoms. The average molecular weight is 469 g/mol. The molecule has 0 unspecified atom stereocenters. The van der Waals surface area contributed by atoms with Gasteiger partial charge in [0.05, 0.1) is 0 Å². The third-order valence-electron chi connectivity index (χ3n) is 5.78. The summed E-state index contributed by atoms with van der Waals surface area (Å²) in [5.74, 6) is -0.132. The lowest BCUT2D eigenvalue weighted by Gasteiger charge is -2.30. The number of hydrogen-bond acceptors (Lipinski definition) is 7. The molecule has 4 rings (SSSR count). The number of carbonyl (C=O) groups is 2. The minimum absolute atomic E-state index is 0.0179. The van der Waals surface area contributed by atoms with E-state index in [4.69, 9.17) is 0 Å². The summed E-state index contributed by atoms with van der Waals surface area (Å²) in [6, 6.07) is 7.92. The Kier molecular flexibility index (Phi) is 7.02. The zero-order valence-electron chi connectivity index (χ0n) is 18.8. The zero-order valence-corrected chi connectivity index (χ0v) is 19.7. The highest BCUT2D eigenvalue weighted by molar-refractivity contribution is 7.22. The maximum atomic E-state index is 12.9. The quantitative estimate of drug-likeness (QED) is 0.548. The molecular weight excluding hydrogens is 440 g/mol. The van der Waals surface area contributed by atoms with Crippen LogP contribution >= 0.6 is 11.3 Å². The minimum atomic E-state index is -0.272. The lowest BCUT2D eigenvalue weighted by Crippen LogP contribution is -2.40. The highest BCUT2D eigenvalue weighted by atomic mass is 32.1. The normalized spacial score (nSPS) is 14.4. The summed E-state index contributed by atoms with van der Waals surface area (Å²) in [7, 11) is 0. The first-order valence-corrected chi connectivity index (χ1v) is 12.0. The van der Waals surface area contributed by atoms with E-state index in [-0.39, 0.29) is 29.8 Å². The van der Waals surface area contributed by atoms with Gasteiger partial charge in [0.15, 0.2) is 10.8 Å². The number of hydrogen-bond donors (Lipinski definition) is 2. The first-order valence-electron chi connectivity index (χ1n) is 11.2. The van der Waals surface area contributed by atoms with Crippen molar-refractivity contribution in [3.63, 3.8) is 0 Å². The number of nitrogens with one attached hydrogen (secondary N) is 2. The summed E-state index contributed by atoms with van der Waals surface area (Å²) < 4.78 is 1.75. The van der Waals surface area contributed by atoms with E-state index in [1.54, 1.807) is 0 Å². The van der Waals surface area contributed by atoms with Crippen LogP contribution in [0.5, 0.6) is 0 Å². The van der Waals surface area contributed by atoms with Gasteiger partial charge in [-0.15, -0.1) is 0 Å². The van der Waals surface area contributed by atoms with Gasteiger partial charge in [-0.25, -0.2) is 4.98 Å². The molecule has 1 aromatic carbocycles. The molecule has 0 bridgehead atoms.